The Hall–Kier alpha value is -1.39. The van der Waals surface area contributed by atoms with E-state index in [0.29, 0.717) is 6.61 Å². The van der Waals surface area contributed by atoms with Crippen LogP contribution in [0.2, 0.25) is 0 Å². The molecule has 104 valence electrons. The number of amidine groups is 1. The monoisotopic (exact) mass is 261 g/mol. The van der Waals surface area contributed by atoms with E-state index in [2.05, 4.69) is 41.9 Å². The number of hydrogen-bond acceptors (Lipinski definition) is 4. The Labute approximate surface area is 115 Å². The molecule has 4 nitrogen and oxygen atoms in total. The van der Waals surface area contributed by atoms with Gasteiger partial charge < -0.3 is 15.4 Å². The predicted octanol–water partition coefficient (Wildman–Crippen LogP) is 1.66. The van der Waals surface area contributed by atoms with Gasteiger partial charge in [0.25, 0.3) is 0 Å². The first kappa shape index (κ1) is 14.0. The molecule has 0 bridgehead atoms. The van der Waals surface area contributed by atoms with Crippen molar-refractivity contribution < 1.29 is 4.74 Å². The molecule has 1 unspecified atom stereocenters. The van der Waals surface area contributed by atoms with Gasteiger partial charge in [-0.1, -0.05) is 18.2 Å². The number of nitrogens with zero attached hydrogens (tertiary/aromatic N) is 2. The molecule has 0 radical (unpaired) electrons. The fraction of sp³-hybridized carbons (Fsp3) is 0.533. The molecular formula is C15H23N3O. The zero-order chi connectivity index (χ0) is 13.8. The molecule has 4 heteroatoms. The predicted molar refractivity (Wildman–Crippen MR) is 78.6 cm³/mol. The van der Waals surface area contributed by atoms with E-state index in [0.717, 1.165) is 25.5 Å². The Morgan fingerprint density at radius 1 is 1.42 bits per heavy atom. The molecule has 1 aromatic carbocycles. The van der Waals surface area contributed by atoms with Gasteiger partial charge in [0.2, 0.25) is 0 Å². The summed E-state index contributed by atoms with van der Waals surface area (Å²) in [6.07, 6.45) is 0. The highest BCUT2D eigenvalue weighted by Crippen LogP contribution is 2.22. The number of benzene rings is 1. The largest absolute Gasteiger partial charge is 0.383 e. The lowest BCUT2D eigenvalue weighted by Gasteiger charge is -2.25. The molecule has 19 heavy (non-hydrogen) atoms. The number of nitrogens with two attached hydrogens (primary N) is 1. The van der Waals surface area contributed by atoms with Gasteiger partial charge in [-0.15, -0.1) is 0 Å². The molecule has 0 fully saturated rings. The molecule has 1 aliphatic rings. The number of aliphatic imine (C=N–C) groups is 1. The fourth-order valence-electron chi connectivity index (χ4n) is 2.47. The van der Waals surface area contributed by atoms with E-state index in [1.165, 1.54) is 16.7 Å². The molecule has 0 aromatic heterocycles. The van der Waals surface area contributed by atoms with Crippen LogP contribution in [0, 0.1) is 13.8 Å². The molecular weight excluding hydrogens is 238 g/mol. The van der Waals surface area contributed by atoms with E-state index in [1.54, 1.807) is 7.11 Å². The minimum atomic E-state index is -0.140. The highest BCUT2D eigenvalue weighted by molar-refractivity contribution is 5.90. The Balaban J connectivity index is 2.18. The second kappa shape index (κ2) is 6.17. The third-order valence-corrected chi connectivity index (χ3v) is 3.79. The Bertz CT molecular complexity index is 470. The molecule has 2 rings (SSSR count). The zero-order valence-electron chi connectivity index (χ0n) is 12.0. The third kappa shape index (κ3) is 2.96. The molecule has 0 spiro atoms. The summed E-state index contributed by atoms with van der Waals surface area (Å²) in [6, 6.07) is 6.14. The average Bonchev–Trinajstić information content (AvgIpc) is 2.87. The maximum atomic E-state index is 6.42. The standard InChI is InChI=1S/C15H23N3O/c1-11-5-4-6-13(12(11)2)14(16)15-17-7-8-18(15)9-10-19-3/h4-6,14H,7-10,16H2,1-3H3. The average molecular weight is 261 g/mol. The smallest absolute Gasteiger partial charge is 0.121 e. The van der Waals surface area contributed by atoms with Crippen LogP contribution in [0.25, 0.3) is 0 Å². The second-order valence-corrected chi connectivity index (χ2v) is 4.99. The number of aryl methyl sites for hydroxylation is 1. The van der Waals surface area contributed by atoms with Gasteiger partial charge in [0.1, 0.15) is 5.84 Å². The van der Waals surface area contributed by atoms with E-state index in [1.807, 2.05) is 0 Å². The van der Waals surface area contributed by atoms with E-state index in [9.17, 15) is 0 Å². The molecule has 1 aromatic rings. The molecule has 1 atom stereocenters. The summed E-state index contributed by atoms with van der Waals surface area (Å²) in [5.74, 6) is 0.991. The molecule has 1 heterocycles. The lowest BCUT2D eigenvalue weighted by molar-refractivity contribution is 0.178. The van der Waals surface area contributed by atoms with E-state index in [-0.39, 0.29) is 6.04 Å². The summed E-state index contributed by atoms with van der Waals surface area (Å²) < 4.78 is 5.14. The zero-order valence-corrected chi connectivity index (χ0v) is 12.0. The van der Waals surface area contributed by atoms with Gasteiger partial charge in [0, 0.05) is 20.2 Å². The third-order valence-electron chi connectivity index (χ3n) is 3.79. The number of rotatable bonds is 5. The van der Waals surface area contributed by atoms with Crippen LogP contribution in [0.3, 0.4) is 0 Å². The topological polar surface area (TPSA) is 50.8 Å². The molecule has 2 N–H and O–H groups in total. The van der Waals surface area contributed by atoms with E-state index >= 15 is 0 Å². The SMILES string of the molecule is COCCN1CCN=C1C(N)c1cccc(C)c1C. The van der Waals surface area contributed by atoms with E-state index < -0.39 is 0 Å². The van der Waals surface area contributed by atoms with Crippen LogP contribution >= 0.6 is 0 Å². The second-order valence-electron chi connectivity index (χ2n) is 4.99. The van der Waals surface area contributed by atoms with Gasteiger partial charge in [-0.2, -0.15) is 0 Å². The fourth-order valence-corrected chi connectivity index (χ4v) is 2.47. The molecule has 0 aliphatic carbocycles. The minimum absolute atomic E-state index is 0.140. The lowest BCUT2D eigenvalue weighted by Crippen LogP contribution is -2.38. The van der Waals surface area contributed by atoms with Crippen LogP contribution in [0.5, 0.6) is 0 Å². The quantitative estimate of drug-likeness (QED) is 0.877. The molecule has 0 saturated carbocycles. The highest BCUT2D eigenvalue weighted by Gasteiger charge is 2.24. The maximum Gasteiger partial charge on any atom is 0.121 e. The van der Waals surface area contributed by atoms with Crippen LogP contribution in [0.1, 0.15) is 22.7 Å². The van der Waals surface area contributed by atoms with Crippen molar-refractivity contribution in [1.82, 2.24) is 4.90 Å². The van der Waals surface area contributed by atoms with Crippen molar-refractivity contribution >= 4 is 5.84 Å². The van der Waals surface area contributed by atoms with Crippen molar-refractivity contribution in [2.75, 3.05) is 33.4 Å². The van der Waals surface area contributed by atoms with Gasteiger partial charge in [-0.05, 0) is 30.5 Å². The first-order valence-electron chi connectivity index (χ1n) is 6.75. The molecule has 1 aliphatic heterocycles. The lowest BCUT2D eigenvalue weighted by atomic mass is 9.97. The Morgan fingerprint density at radius 3 is 2.95 bits per heavy atom. The molecule has 0 saturated heterocycles. The van der Waals surface area contributed by atoms with Crippen LogP contribution in [-0.2, 0) is 4.74 Å². The van der Waals surface area contributed by atoms with Crippen molar-refractivity contribution in [3.05, 3.63) is 34.9 Å². The highest BCUT2D eigenvalue weighted by atomic mass is 16.5. The van der Waals surface area contributed by atoms with Gasteiger partial charge in [-0.3, -0.25) is 4.99 Å². The van der Waals surface area contributed by atoms with Crippen molar-refractivity contribution in [1.29, 1.82) is 0 Å². The first-order valence-corrected chi connectivity index (χ1v) is 6.75. The Morgan fingerprint density at radius 2 is 2.21 bits per heavy atom. The minimum Gasteiger partial charge on any atom is -0.383 e. The van der Waals surface area contributed by atoms with Gasteiger partial charge in [0.05, 0.1) is 19.2 Å². The summed E-state index contributed by atoms with van der Waals surface area (Å²) in [7, 11) is 1.72. The molecule has 0 amide bonds. The summed E-state index contributed by atoms with van der Waals surface area (Å²) in [5.41, 5.74) is 10.1. The number of hydrogen-bond donors (Lipinski definition) is 1. The van der Waals surface area contributed by atoms with Gasteiger partial charge in [0.15, 0.2) is 0 Å². The van der Waals surface area contributed by atoms with Crippen molar-refractivity contribution in [2.24, 2.45) is 10.7 Å². The summed E-state index contributed by atoms with van der Waals surface area (Å²) in [6.45, 7) is 7.57. The van der Waals surface area contributed by atoms with Gasteiger partial charge in [-0.25, -0.2) is 0 Å². The van der Waals surface area contributed by atoms with Gasteiger partial charge >= 0.3 is 0 Å². The van der Waals surface area contributed by atoms with Crippen LogP contribution < -0.4 is 5.73 Å². The van der Waals surface area contributed by atoms with E-state index in [4.69, 9.17) is 10.5 Å². The normalized spacial score (nSPS) is 16.6. The van der Waals surface area contributed by atoms with Crippen molar-refractivity contribution in [3.63, 3.8) is 0 Å². The van der Waals surface area contributed by atoms with Crippen molar-refractivity contribution in [3.8, 4) is 0 Å². The summed E-state index contributed by atoms with van der Waals surface area (Å²) in [5, 5.41) is 0. The summed E-state index contributed by atoms with van der Waals surface area (Å²) >= 11 is 0. The maximum absolute atomic E-state index is 6.42. The number of ether oxygens (including phenoxy) is 1. The summed E-state index contributed by atoms with van der Waals surface area (Å²) in [4.78, 5) is 6.81. The van der Waals surface area contributed by atoms with Crippen LogP contribution in [0.4, 0.5) is 0 Å². The number of methoxy groups -OCH3 is 1. The Kier molecular flexibility index (Phi) is 4.56. The van der Waals surface area contributed by atoms with Crippen LogP contribution in [-0.4, -0.2) is 44.1 Å². The van der Waals surface area contributed by atoms with Crippen molar-refractivity contribution in [2.45, 2.75) is 19.9 Å². The van der Waals surface area contributed by atoms with Crippen LogP contribution in [0.15, 0.2) is 23.2 Å². The first-order chi connectivity index (χ1) is 9.15.